The van der Waals surface area contributed by atoms with Crippen LogP contribution in [0.5, 0.6) is 0 Å². The molecule has 1 aromatic rings. The Morgan fingerprint density at radius 1 is 1.37 bits per heavy atom. The zero-order valence-electron chi connectivity index (χ0n) is 10.2. The topological polar surface area (TPSA) is 76.3 Å². The molecule has 0 fully saturated rings. The Kier molecular flexibility index (Phi) is 4.13. The zero-order chi connectivity index (χ0) is 14.8. The molecular weight excluding hydrogens is 263 g/mol. The van der Waals surface area contributed by atoms with Crippen molar-refractivity contribution in [2.75, 3.05) is 7.05 Å². The third kappa shape index (κ3) is 3.43. The average Bonchev–Trinajstić information content (AvgIpc) is 2.35. The van der Waals surface area contributed by atoms with Crippen molar-refractivity contribution in [1.29, 1.82) is 0 Å². The van der Waals surface area contributed by atoms with Crippen LogP contribution in [0.15, 0.2) is 18.3 Å². The van der Waals surface area contributed by atoms with Crippen LogP contribution in [0.3, 0.4) is 0 Å². The van der Waals surface area contributed by atoms with E-state index >= 15 is 0 Å². The SMILES string of the molecule is C[C@H](c1ccc(C(F)(F)F)cn1)N(C)C(=O)C(N)=O. The molecule has 1 atom stereocenters. The van der Waals surface area contributed by atoms with Gasteiger partial charge in [0.2, 0.25) is 0 Å². The summed E-state index contributed by atoms with van der Waals surface area (Å²) in [7, 11) is 1.32. The molecule has 0 bridgehead atoms. The van der Waals surface area contributed by atoms with Crippen LogP contribution in [-0.2, 0) is 15.8 Å². The van der Waals surface area contributed by atoms with Crippen LogP contribution in [0.2, 0.25) is 0 Å². The van der Waals surface area contributed by atoms with Crippen molar-refractivity contribution in [2.24, 2.45) is 5.73 Å². The van der Waals surface area contributed by atoms with Gasteiger partial charge >= 0.3 is 18.0 Å². The third-order valence-electron chi connectivity index (χ3n) is 2.65. The molecule has 0 aliphatic rings. The van der Waals surface area contributed by atoms with Crippen LogP contribution < -0.4 is 5.73 Å². The van der Waals surface area contributed by atoms with Gasteiger partial charge in [-0.2, -0.15) is 13.2 Å². The van der Waals surface area contributed by atoms with Gasteiger partial charge in [-0.15, -0.1) is 0 Å². The first kappa shape index (κ1) is 14.9. The molecule has 1 rings (SSSR count). The number of hydrogen-bond acceptors (Lipinski definition) is 3. The fourth-order valence-corrected chi connectivity index (χ4v) is 1.37. The van der Waals surface area contributed by atoms with Crippen molar-refractivity contribution in [3.63, 3.8) is 0 Å². The van der Waals surface area contributed by atoms with Gasteiger partial charge in [-0.3, -0.25) is 14.6 Å². The van der Waals surface area contributed by atoms with Crippen molar-refractivity contribution < 1.29 is 22.8 Å². The third-order valence-corrected chi connectivity index (χ3v) is 2.65. The molecule has 0 aliphatic heterocycles. The standard InChI is InChI=1S/C11H12F3N3O2/c1-6(17(2)10(19)9(15)18)8-4-3-7(5-16-8)11(12,13)14/h3-6H,1-2H3,(H2,15,18)/t6-/m1/s1. The summed E-state index contributed by atoms with van der Waals surface area (Å²) in [6, 6.07) is 1.35. The van der Waals surface area contributed by atoms with Crippen molar-refractivity contribution in [3.05, 3.63) is 29.6 Å². The molecule has 104 valence electrons. The number of nitrogens with two attached hydrogens (primary N) is 1. The fourth-order valence-electron chi connectivity index (χ4n) is 1.37. The first-order valence-electron chi connectivity index (χ1n) is 5.24. The molecule has 0 aliphatic carbocycles. The molecule has 1 aromatic heterocycles. The number of rotatable bonds is 2. The van der Waals surface area contributed by atoms with Gasteiger partial charge in [0.15, 0.2) is 0 Å². The second kappa shape index (κ2) is 5.25. The van der Waals surface area contributed by atoms with E-state index in [4.69, 9.17) is 5.73 Å². The van der Waals surface area contributed by atoms with E-state index in [9.17, 15) is 22.8 Å². The van der Waals surface area contributed by atoms with E-state index in [0.717, 1.165) is 17.0 Å². The molecule has 2 amide bonds. The second-order valence-corrected chi connectivity index (χ2v) is 3.93. The largest absolute Gasteiger partial charge is 0.417 e. The van der Waals surface area contributed by atoms with Gasteiger partial charge in [0.25, 0.3) is 0 Å². The predicted octanol–water partition coefficient (Wildman–Crippen LogP) is 1.11. The minimum atomic E-state index is -4.47. The number of nitrogens with zero attached hydrogens (tertiary/aromatic N) is 2. The highest BCUT2D eigenvalue weighted by Gasteiger charge is 2.31. The Bertz CT molecular complexity index is 485. The smallest absolute Gasteiger partial charge is 0.361 e. The van der Waals surface area contributed by atoms with Gasteiger partial charge in [0, 0.05) is 13.2 Å². The van der Waals surface area contributed by atoms with E-state index in [2.05, 4.69) is 4.98 Å². The molecule has 0 spiro atoms. The lowest BCUT2D eigenvalue weighted by atomic mass is 10.1. The molecule has 8 heteroatoms. The number of alkyl halides is 3. The van der Waals surface area contributed by atoms with Crippen molar-refractivity contribution in [2.45, 2.75) is 19.1 Å². The van der Waals surface area contributed by atoms with Gasteiger partial charge < -0.3 is 10.6 Å². The number of aromatic nitrogens is 1. The summed E-state index contributed by atoms with van der Waals surface area (Å²) in [6.45, 7) is 1.52. The van der Waals surface area contributed by atoms with Crippen LogP contribution in [0.25, 0.3) is 0 Å². The lowest BCUT2D eigenvalue weighted by Gasteiger charge is -2.23. The molecule has 1 heterocycles. The highest BCUT2D eigenvalue weighted by molar-refractivity contribution is 6.34. The first-order valence-corrected chi connectivity index (χ1v) is 5.24. The van der Waals surface area contributed by atoms with E-state index in [1.54, 1.807) is 0 Å². The highest BCUT2D eigenvalue weighted by Crippen LogP contribution is 2.29. The van der Waals surface area contributed by atoms with E-state index in [1.807, 2.05) is 0 Å². The van der Waals surface area contributed by atoms with Gasteiger partial charge in [0.05, 0.1) is 17.3 Å². The molecule has 0 radical (unpaired) electrons. The van der Waals surface area contributed by atoms with Gasteiger partial charge in [-0.1, -0.05) is 0 Å². The number of halogens is 3. The lowest BCUT2D eigenvalue weighted by molar-refractivity contribution is -0.144. The van der Waals surface area contributed by atoms with Crippen LogP contribution >= 0.6 is 0 Å². The summed E-state index contributed by atoms with van der Waals surface area (Å²) in [4.78, 5) is 26.7. The minimum Gasteiger partial charge on any atom is -0.361 e. The van der Waals surface area contributed by atoms with E-state index in [0.29, 0.717) is 6.20 Å². The van der Waals surface area contributed by atoms with Crippen molar-refractivity contribution in [1.82, 2.24) is 9.88 Å². The molecule has 2 N–H and O–H groups in total. The molecule has 0 saturated heterocycles. The Morgan fingerprint density at radius 2 is 1.95 bits per heavy atom. The number of carbonyl (C=O) groups is 2. The Morgan fingerprint density at radius 3 is 2.32 bits per heavy atom. The quantitative estimate of drug-likeness (QED) is 0.821. The molecule has 5 nitrogen and oxygen atoms in total. The van der Waals surface area contributed by atoms with Crippen molar-refractivity contribution >= 4 is 11.8 Å². The minimum absolute atomic E-state index is 0.227. The lowest BCUT2D eigenvalue weighted by Crippen LogP contribution is -2.39. The highest BCUT2D eigenvalue weighted by atomic mass is 19.4. The summed E-state index contributed by atoms with van der Waals surface area (Å²) < 4.78 is 37.0. The monoisotopic (exact) mass is 275 g/mol. The number of amides is 2. The molecular formula is C11H12F3N3O2. The first-order chi connectivity index (χ1) is 8.64. The van der Waals surface area contributed by atoms with Crippen LogP contribution in [0, 0.1) is 0 Å². The average molecular weight is 275 g/mol. The zero-order valence-corrected chi connectivity index (χ0v) is 10.2. The van der Waals surface area contributed by atoms with Gasteiger partial charge in [-0.05, 0) is 19.1 Å². The summed E-state index contributed by atoms with van der Waals surface area (Å²) in [5.41, 5.74) is 4.18. The van der Waals surface area contributed by atoms with E-state index < -0.39 is 29.6 Å². The summed E-state index contributed by atoms with van der Waals surface area (Å²) in [5, 5.41) is 0. The van der Waals surface area contributed by atoms with Crippen LogP contribution in [0.4, 0.5) is 13.2 Å². The fraction of sp³-hybridized carbons (Fsp3) is 0.364. The van der Waals surface area contributed by atoms with Crippen LogP contribution in [-0.4, -0.2) is 28.7 Å². The molecule has 19 heavy (non-hydrogen) atoms. The number of hydrogen-bond donors (Lipinski definition) is 1. The van der Waals surface area contributed by atoms with E-state index in [-0.39, 0.29) is 5.69 Å². The maximum atomic E-state index is 12.3. The number of pyridine rings is 1. The van der Waals surface area contributed by atoms with E-state index in [1.165, 1.54) is 14.0 Å². The Hall–Kier alpha value is -2.12. The summed E-state index contributed by atoms with van der Waals surface area (Å²) >= 11 is 0. The Balaban J connectivity index is 2.92. The number of likely N-dealkylation sites (N-methyl/N-ethyl adjacent to an activating group) is 1. The van der Waals surface area contributed by atoms with Gasteiger partial charge in [0.1, 0.15) is 0 Å². The maximum Gasteiger partial charge on any atom is 0.417 e. The molecule has 0 saturated carbocycles. The predicted molar refractivity (Wildman–Crippen MR) is 59.6 cm³/mol. The van der Waals surface area contributed by atoms with Gasteiger partial charge in [-0.25, -0.2) is 0 Å². The maximum absolute atomic E-state index is 12.3. The van der Waals surface area contributed by atoms with Crippen LogP contribution in [0.1, 0.15) is 24.2 Å². The number of primary amides is 1. The molecule has 0 unspecified atom stereocenters. The summed E-state index contributed by atoms with van der Waals surface area (Å²) in [6.07, 6.45) is -3.79. The number of carbonyl (C=O) groups excluding carboxylic acids is 2. The Labute approximate surface area is 107 Å². The normalized spacial score (nSPS) is 12.9. The molecule has 0 aromatic carbocycles. The van der Waals surface area contributed by atoms with Crippen molar-refractivity contribution in [3.8, 4) is 0 Å². The second-order valence-electron chi connectivity index (χ2n) is 3.93. The summed E-state index contributed by atoms with van der Waals surface area (Å²) in [5.74, 6) is -2.07.